The van der Waals surface area contributed by atoms with Gasteiger partial charge in [-0.15, -0.1) is 0 Å². The molecule has 0 radical (unpaired) electrons. The van der Waals surface area contributed by atoms with Crippen LogP contribution in [0.25, 0.3) is 11.1 Å². The number of amides is 1. The van der Waals surface area contributed by atoms with Gasteiger partial charge in [0, 0.05) is 42.6 Å². The first-order chi connectivity index (χ1) is 13.9. The number of carbonyl (C=O) groups excluding carboxylic acids is 1. The molecular weight excluding hydrogens is 392 g/mol. The summed E-state index contributed by atoms with van der Waals surface area (Å²) in [5.74, 6) is 1.71. The zero-order valence-corrected chi connectivity index (χ0v) is 17.5. The molecule has 8 heteroatoms. The van der Waals surface area contributed by atoms with Gasteiger partial charge in [0.1, 0.15) is 6.54 Å². The molecule has 0 aliphatic carbocycles. The van der Waals surface area contributed by atoms with Crippen molar-refractivity contribution in [3.63, 3.8) is 0 Å². The van der Waals surface area contributed by atoms with Crippen molar-refractivity contribution in [2.45, 2.75) is 6.54 Å². The minimum absolute atomic E-state index is 0.0722. The first-order valence-electron chi connectivity index (χ1n) is 8.94. The number of hydrogen-bond acceptors (Lipinski definition) is 5. The van der Waals surface area contributed by atoms with Gasteiger partial charge in [-0.05, 0) is 29.8 Å². The quantitative estimate of drug-likeness (QED) is 0.634. The van der Waals surface area contributed by atoms with Crippen LogP contribution in [-0.4, -0.2) is 44.0 Å². The Hall–Kier alpha value is -3.19. The zero-order valence-electron chi connectivity index (χ0n) is 16.8. The average molecular weight is 415 g/mol. The van der Waals surface area contributed by atoms with E-state index in [1.807, 2.05) is 49.5 Å². The standard InChI is InChI=1S/C21H23ClN4O3/c1-25(2)21-17(14-5-7-15(22)8-6-14)12-26(24-21)13-20(27)23-16-9-10-18(28-3)19(11-16)29-4/h5-12H,13H2,1-4H3,(H,23,27). The number of aromatic nitrogens is 2. The maximum absolute atomic E-state index is 12.5. The van der Waals surface area contributed by atoms with Crippen LogP contribution in [0.4, 0.5) is 11.5 Å². The minimum Gasteiger partial charge on any atom is -0.493 e. The Balaban J connectivity index is 1.78. The monoisotopic (exact) mass is 414 g/mol. The molecule has 0 saturated carbocycles. The predicted molar refractivity (Wildman–Crippen MR) is 115 cm³/mol. The van der Waals surface area contributed by atoms with Gasteiger partial charge >= 0.3 is 0 Å². The van der Waals surface area contributed by atoms with E-state index in [-0.39, 0.29) is 12.5 Å². The number of rotatable bonds is 7. The fourth-order valence-corrected chi connectivity index (χ4v) is 3.04. The van der Waals surface area contributed by atoms with E-state index in [0.29, 0.717) is 22.2 Å². The molecule has 0 spiro atoms. The SMILES string of the molecule is COc1ccc(NC(=O)Cn2cc(-c3ccc(Cl)cc3)c(N(C)C)n2)cc1OC. The Morgan fingerprint density at radius 1 is 1.10 bits per heavy atom. The van der Waals surface area contributed by atoms with Gasteiger partial charge in [-0.25, -0.2) is 0 Å². The van der Waals surface area contributed by atoms with E-state index in [1.165, 1.54) is 0 Å². The van der Waals surface area contributed by atoms with Crippen LogP contribution in [0.2, 0.25) is 5.02 Å². The maximum atomic E-state index is 12.5. The molecule has 3 rings (SSSR count). The topological polar surface area (TPSA) is 68.6 Å². The summed E-state index contributed by atoms with van der Waals surface area (Å²) in [4.78, 5) is 14.4. The summed E-state index contributed by atoms with van der Waals surface area (Å²) in [6, 6.07) is 12.7. The van der Waals surface area contributed by atoms with Crippen LogP contribution in [0.1, 0.15) is 0 Å². The number of hydrogen-bond donors (Lipinski definition) is 1. The number of methoxy groups -OCH3 is 2. The average Bonchev–Trinajstić information content (AvgIpc) is 3.12. The molecule has 0 bridgehead atoms. The van der Waals surface area contributed by atoms with Gasteiger partial charge in [0.2, 0.25) is 5.91 Å². The van der Waals surface area contributed by atoms with Crippen LogP contribution >= 0.6 is 11.6 Å². The Morgan fingerprint density at radius 3 is 2.41 bits per heavy atom. The number of halogens is 1. The van der Waals surface area contributed by atoms with E-state index in [0.717, 1.165) is 16.9 Å². The molecule has 0 unspecified atom stereocenters. The Bertz CT molecular complexity index is 1000. The van der Waals surface area contributed by atoms with Crippen molar-refractivity contribution in [1.82, 2.24) is 9.78 Å². The summed E-state index contributed by atoms with van der Waals surface area (Å²) < 4.78 is 12.1. The highest BCUT2D eigenvalue weighted by Crippen LogP contribution is 2.31. The lowest BCUT2D eigenvalue weighted by atomic mass is 10.1. The van der Waals surface area contributed by atoms with Crippen molar-refractivity contribution in [2.75, 3.05) is 38.5 Å². The minimum atomic E-state index is -0.201. The molecule has 1 N–H and O–H groups in total. The molecule has 3 aromatic rings. The number of ether oxygens (including phenoxy) is 2. The van der Waals surface area contributed by atoms with Gasteiger partial charge in [-0.2, -0.15) is 5.10 Å². The molecule has 0 aliphatic heterocycles. The molecular formula is C21H23ClN4O3. The van der Waals surface area contributed by atoms with E-state index >= 15 is 0 Å². The number of benzene rings is 2. The number of nitrogens with one attached hydrogen (secondary N) is 1. The molecule has 29 heavy (non-hydrogen) atoms. The van der Waals surface area contributed by atoms with Gasteiger partial charge < -0.3 is 19.7 Å². The molecule has 1 heterocycles. The molecule has 7 nitrogen and oxygen atoms in total. The highest BCUT2D eigenvalue weighted by molar-refractivity contribution is 6.30. The second kappa shape index (κ2) is 8.87. The first kappa shape index (κ1) is 20.5. The molecule has 1 aromatic heterocycles. The Kier molecular flexibility index (Phi) is 6.29. The lowest BCUT2D eigenvalue weighted by Gasteiger charge is -2.11. The number of carbonyl (C=O) groups is 1. The van der Waals surface area contributed by atoms with Crippen molar-refractivity contribution in [3.8, 4) is 22.6 Å². The summed E-state index contributed by atoms with van der Waals surface area (Å²) >= 11 is 5.99. The fraction of sp³-hybridized carbons (Fsp3) is 0.238. The van der Waals surface area contributed by atoms with Gasteiger partial charge in [-0.3, -0.25) is 9.48 Å². The zero-order chi connectivity index (χ0) is 21.0. The Labute approximate surface area is 174 Å². The normalized spacial score (nSPS) is 10.5. The highest BCUT2D eigenvalue weighted by atomic mass is 35.5. The molecule has 0 saturated heterocycles. The first-order valence-corrected chi connectivity index (χ1v) is 9.31. The Morgan fingerprint density at radius 2 is 1.79 bits per heavy atom. The van der Waals surface area contributed by atoms with Crippen molar-refractivity contribution in [2.24, 2.45) is 0 Å². The summed E-state index contributed by atoms with van der Waals surface area (Å²) in [5.41, 5.74) is 2.51. The van der Waals surface area contributed by atoms with Crippen LogP contribution in [-0.2, 0) is 11.3 Å². The molecule has 0 fully saturated rings. The summed E-state index contributed by atoms with van der Waals surface area (Å²) in [6.45, 7) is 0.0722. The lowest BCUT2D eigenvalue weighted by molar-refractivity contribution is -0.116. The van der Waals surface area contributed by atoms with E-state index in [1.54, 1.807) is 37.1 Å². The van der Waals surface area contributed by atoms with E-state index in [2.05, 4.69) is 10.4 Å². The van der Waals surface area contributed by atoms with E-state index in [4.69, 9.17) is 21.1 Å². The second-order valence-electron chi connectivity index (χ2n) is 6.58. The highest BCUT2D eigenvalue weighted by Gasteiger charge is 2.15. The van der Waals surface area contributed by atoms with Crippen LogP contribution < -0.4 is 19.7 Å². The van der Waals surface area contributed by atoms with Gasteiger partial charge in [-0.1, -0.05) is 23.7 Å². The van der Waals surface area contributed by atoms with Crippen molar-refractivity contribution < 1.29 is 14.3 Å². The van der Waals surface area contributed by atoms with E-state index < -0.39 is 0 Å². The van der Waals surface area contributed by atoms with Gasteiger partial charge in [0.25, 0.3) is 0 Å². The third-order valence-electron chi connectivity index (χ3n) is 4.29. The smallest absolute Gasteiger partial charge is 0.246 e. The fourth-order valence-electron chi connectivity index (χ4n) is 2.92. The van der Waals surface area contributed by atoms with Crippen LogP contribution in [0.3, 0.4) is 0 Å². The third-order valence-corrected chi connectivity index (χ3v) is 4.55. The predicted octanol–water partition coefficient (Wildman–Crippen LogP) is 3.93. The van der Waals surface area contributed by atoms with Crippen molar-refractivity contribution in [3.05, 3.63) is 53.7 Å². The lowest BCUT2D eigenvalue weighted by Crippen LogP contribution is -2.19. The summed E-state index contributed by atoms with van der Waals surface area (Å²) in [5, 5.41) is 8.08. The van der Waals surface area contributed by atoms with Crippen LogP contribution in [0.15, 0.2) is 48.7 Å². The third kappa shape index (κ3) is 4.81. The molecule has 1 amide bonds. The van der Waals surface area contributed by atoms with Crippen LogP contribution in [0, 0.1) is 0 Å². The molecule has 0 aliphatic rings. The van der Waals surface area contributed by atoms with Crippen LogP contribution in [0.5, 0.6) is 11.5 Å². The number of nitrogens with zero attached hydrogens (tertiary/aromatic N) is 3. The largest absolute Gasteiger partial charge is 0.493 e. The van der Waals surface area contributed by atoms with Gasteiger partial charge in [0.15, 0.2) is 17.3 Å². The van der Waals surface area contributed by atoms with E-state index in [9.17, 15) is 4.79 Å². The van der Waals surface area contributed by atoms with Crippen molar-refractivity contribution >= 4 is 29.0 Å². The molecule has 0 atom stereocenters. The second-order valence-corrected chi connectivity index (χ2v) is 7.02. The molecule has 2 aromatic carbocycles. The number of anilines is 2. The molecule has 152 valence electrons. The maximum Gasteiger partial charge on any atom is 0.246 e. The summed E-state index contributed by atoms with van der Waals surface area (Å²) in [7, 11) is 6.94. The van der Waals surface area contributed by atoms with Crippen molar-refractivity contribution in [1.29, 1.82) is 0 Å². The summed E-state index contributed by atoms with van der Waals surface area (Å²) in [6.07, 6.45) is 1.85. The van der Waals surface area contributed by atoms with Gasteiger partial charge in [0.05, 0.1) is 14.2 Å².